The van der Waals surface area contributed by atoms with Crippen LogP contribution in [0.25, 0.3) is 0 Å². The minimum absolute atomic E-state index is 0. The predicted octanol–water partition coefficient (Wildman–Crippen LogP) is -0.373. The van der Waals surface area contributed by atoms with E-state index >= 15 is 0 Å². The average Bonchev–Trinajstić information content (AvgIpc) is 1.37. The van der Waals surface area contributed by atoms with Gasteiger partial charge in [-0.1, -0.05) is 6.92 Å². The van der Waals surface area contributed by atoms with Crippen LogP contribution in [0.3, 0.4) is 0 Å². The summed E-state index contributed by atoms with van der Waals surface area (Å²) in [6.07, 6.45) is 0.875. The molecule has 0 aliphatic carbocycles. The second kappa shape index (κ2) is 15.8. The molecule has 0 aromatic heterocycles. The van der Waals surface area contributed by atoms with Gasteiger partial charge in [0.2, 0.25) is 0 Å². The Hall–Kier alpha value is 1.96. The van der Waals surface area contributed by atoms with Gasteiger partial charge in [-0.2, -0.15) is 0 Å². The normalized spacial score (nSPS) is 5.00. The fourth-order valence-corrected chi connectivity index (χ4v) is 0. The first kappa shape index (κ1) is 15.7. The van der Waals surface area contributed by atoms with E-state index in [1.807, 2.05) is 6.92 Å². The Morgan fingerprint density at radius 3 is 1.50 bits per heavy atom. The fraction of sp³-hybridized carbons (Fsp3) is 1.00. The molecule has 0 rings (SSSR count). The van der Waals surface area contributed by atoms with E-state index < -0.39 is 0 Å². The molecule has 0 atom stereocenters. The zero-order chi connectivity index (χ0) is 3.41. The van der Waals surface area contributed by atoms with Crippen LogP contribution in [-0.2, 0) is 0 Å². The van der Waals surface area contributed by atoms with Gasteiger partial charge in [0.1, 0.15) is 0 Å². The topological polar surface area (TPSA) is 20.2 Å². The zero-order valence-electron chi connectivity index (χ0n) is 4.86. The van der Waals surface area contributed by atoms with Crippen molar-refractivity contribution in [3.05, 3.63) is 0 Å². The van der Waals surface area contributed by atoms with Crippen LogP contribution in [0.2, 0.25) is 0 Å². The first-order valence-electron chi connectivity index (χ1n) is 1.52. The largest absolute Gasteiger partial charge is 0.396 e. The Bertz CT molecular complexity index is 10.8. The summed E-state index contributed by atoms with van der Waals surface area (Å²) < 4.78 is 0. The monoisotopic (exact) mass is 106 g/mol. The summed E-state index contributed by atoms with van der Waals surface area (Å²) in [6.45, 7) is 2.25. The van der Waals surface area contributed by atoms with Crippen LogP contribution >= 0.6 is 0 Å². The van der Waals surface area contributed by atoms with Gasteiger partial charge < -0.3 is 5.11 Å². The Labute approximate surface area is 83.1 Å². The summed E-state index contributed by atoms with van der Waals surface area (Å²) in [7, 11) is 0. The molecule has 0 aromatic carbocycles. The molecule has 0 amide bonds. The van der Waals surface area contributed by atoms with Gasteiger partial charge in [-0.15, -0.1) is 0 Å². The molecule has 28 valence electrons. The molecule has 0 aliphatic rings. The van der Waals surface area contributed by atoms with Crippen LogP contribution in [0.5, 0.6) is 0 Å². The molecule has 1 nitrogen and oxygen atoms in total. The first-order valence-corrected chi connectivity index (χ1v) is 1.52. The Balaban J connectivity index is -0.0000000450. The minimum atomic E-state index is 0. The van der Waals surface area contributed by atoms with Crippen molar-refractivity contribution < 1.29 is 5.11 Å². The van der Waals surface area contributed by atoms with E-state index in [-0.39, 0.29) is 59.1 Å². The number of aliphatic hydroxyl groups is 1. The van der Waals surface area contributed by atoms with Gasteiger partial charge in [0, 0.05) is 65.7 Å². The van der Waals surface area contributed by atoms with Crippen molar-refractivity contribution >= 4 is 59.1 Å². The average molecular weight is 106 g/mol. The summed E-state index contributed by atoms with van der Waals surface area (Å²) in [5, 5.41) is 7.88. The van der Waals surface area contributed by atoms with Crippen molar-refractivity contribution in [2.45, 2.75) is 13.3 Å². The molecule has 0 bridgehead atoms. The second-order valence-electron chi connectivity index (χ2n) is 0.724. The van der Waals surface area contributed by atoms with Crippen molar-refractivity contribution in [1.29, 1.82) is 0 Å². The van der Waals surface area contributed by atoms with Gasteiger partial charge in [0.15, 0.2) is 0 Å². The van der Waals surface area contributed by atoms with Crippen LogP contribution in [0, 0.1) is 0 Å². The van der Waals surface area contributed by atoms with Crippen molar-refractivity contribution in [3.8, 4) is 0 Å². The van der Waals surface area contributed by atoms with Crippen LogP contribution in [0.4, 0.5) is 0 Å². The molecule has 0 unspecified atom stereocenters. The van der Waals surface area contributed by atoms with E-state index in [9.17, 15) is 0 Å². The molecule has 0 aromatic rings. The van der Waals surface area contributed by atoms with Crippen molar-refractivity contribution in [1.82, 2.24) is 0 Å². The molecule has 0 fully saturated rings. The molecule has 2 radical (unpaired) electrons. The molecule has 0 saturated heterocycles. The van der Waals surface area contributed by atoms with Crippen LogP contribution in [-0.4, -0.2) is 70.8 Å². The van der Waals surface area contributed by atoms with Gasteiger partial charge in [-0.3, -0.25) is 0 Å². The summed E-state index contributed by atoms with van der Waals surface area (Å²) >= 11 is 0. The number of rotatable bonds is 1. The Morgan fingerprint density at radius 2 is 1.50 bits per heavy atom. The van der Waals surface area contributed by atoms with E-state index in [2.05, 4.69) is 0 Å². The maximum Gasteiger partial charge on any atom is 0.0428 e. The molecule has 0 saturated carbocycles. The second-order valence-corrected chi connectivity index (χ2v) is 0.724. The molecule has 6 heavy (non-hydrogen) atoms. The molecular weight excluding hydrogens is 98.0 g/mol. The summed E-state index contributed by atoms with van der Waals surface area (Å²) in [4.78, 5) is 0. The van der Waals surface area contributed by atoms with E-state index in [1.54, 1.807) is 0 Å². The van der Waals surface area contributed by atoms with Gasteiger partial charge in [-0.25, -0.2) is 0 Å². The summed E-state index contributed by atoms with van der Waals surface area (Å²) in [5.74, 6) is 0. The minimum Gasteiger partial charge on any atom is -0.396 e. The summed E-state index contributed by atoms with van der Waals surface area (Å²) in [5.41, 5.74) is 0. The third kappa shape index (κ3) is 16.7. The molecule has 0 heterocycles. The van der Waals surface area contributed by atoms with E-state index in [0.29, 0.717) is 6.61 Å². The van der Waals surface area contributed by atoms with Crippen molar-refractivity contribution in [2.75, 3.05) is 6.61 Å². The quantitative estimate of drug-likeness (QED) is 0.452. The molecule has 1 N–H and O–H groups in total. The van der Waals surface area contributed by atoms with Crippen molar-refractivity contribution in [2.24, 2.45) is 0 Å². The maximum absolute atomic E-state index is 7.88. The smallest absolute Gasteiger partial charge is 0.0428 e. The van der Waals surface area contributed by atoms with E-state index in [0.717, 1.165) is 6.42 Å². The van der Waals surface area contributed by atoms with Crippen molar-refractivity contribution in [3.63, 3.8) is 0 Å². The number of hydrogen-bond donors (Lipinski definition) is 1. The van der Waals surface area contributed by atoms with Crippen LogP contribution < -0.4 is 0 Å². The third-order valence-corrected chi connectivity index (χ3v) is 0.224. The van der Waals surface area contributed by atoms with Gasteiger partial charge >= 0.3 is 0 Å². The van der Waals surface area contributed by atoms with Gasteiger partial charge in [0.25, 0.3) is 0 Å². The standard InChI is InChI=1S/C3H8O.2Na/c1-2-3-4;;/h4H,2-3H2,1H3;;. The van der Waals surface area contributed by atoms with E-state index in [1.165, 1.54) is 0 Å². The third-order valence-electron chi connectivity index (χ3n) is 0.224. The van der Waals surface area contributed by atoms with Gasteiger partial charge in [0.05, 0.1) is 0 Å². The van der Waals surface area contributed by atoms with Crippen LogP contribution in [0.15, 0.2) is 0 Å². The SMILES string of the molecule is CCCO.[Na].[Na]. The Morgan fingerprint density at radius 1 is 1.33 bits per heavy atom. The number of hydrogen-bond acceptors (Lipinski definition) is 1. The predicted molar refractivity (Wildman–Crippen MR) is 28.9 cm³/mol. The van der Waals surface area contributed by atoms with E-state index in [4.69, 9.17) is 5.11 Å². The first-order chi connectivity index (χ1) is 1.91. The molecule has 3 heteroatoms. The van der Waals surface area contributed by atoms with Gasteiger partial charge in [-0.05, 0) is 6.42 Å². The Kier molecular flexibility index (Phi) is 41.2. The number of aliphatic hydroxyl groups excluding tert-OH is 1. The van der Waals surface area contributed by atoms with Crippen LogP contribution in [0.1, 0.15) is 13.3 Å². The zero-order valence-corrected chi connectivity index (χ0v) is 8.86. The summed E-state index contributed by atoms with van der Waals surface area (Å²) in [6, 6.07) is 0. The maximum atomic E-state index is 7.88. The molecule has 0 spiro atoms. The molecular formula is C3H8Na2O. The molecule has 0 aliphatic heterocycles. The fourth-order valence-electron chi connectivity index (χ4n) is 0.